The Morgan fingerprint density at radius 1 is 1.12 bits per heavy atom. The van der Waals surface area contributed by atoms with E-state index in [1.54, 1.807) is 41.2 Å². The van der Waals surface area contributed by atoms with Crippen molar-refractivity contribution in [1.82, 2.24) is 9.78 Å². The number of rotatable bonds is 4. The van der Waals surface area contributed by atoms with Gasteiger partial charge in [0.05, 0.1) is 34.0 Å². The van der Waals surface area contributed by atoms with E-state index in [1.807, 2.05) is 0 Å². The molecule has 0 atom stereocenters. The van der Waals surface area contributed by atoms with Crippen molar-refractivity contribution >= 4 is 34.8 Å². The van der Waals surface area contributed by atoms with E-state index < -0.39 is 5.91 Å². The number of anilines is 1. The van der Waals surface area contributed by atoms with Crippen molar-refractivity contribution in [2.75, 3.05) is 5.32 Å². The average molecular weight is 364 g/mol. The van der Waals surface area contributed by atoms with Crippen LogP contribution in [-0.4, -0.2) is 15.7 Å². The number of amides is 1. The number of nitrogens with one attached hydrogen (secondary N) is 1. The highest BCUT2D eigenvalue weighted by molar-refractivity contribution is 6.40. The SMILES string of the molecule is O=C(Nc1cnn(Cc2ccc(F)cc2)c1)c1c(Cl)cccc1Cl. The van der Waals surface area contributed by atoms with Crippen molar-refractivity contribution in [3.05, 3.63) is 81.8 Å². The van der Waals surface area contributed by atoms with Crippen LogP contribution in [0.4, 0.5) is 10.1 Å². The topological polar surface area (TPSA) is 46.9 Å². The van der Waals surface area contributed by atoms with Gasteiger partial charge in [0.2, 0.25) is 0 Å². The number of nitrogens with zero attached hydrogens (tertiary/aromatic N) is 2. The van der Waals surface area contributed by atoms with Gasteiger partial charge in [-0.2, -0.15) is 5.10 Å². The molecule has 1 heterocycles. The van der Waals surface area contributed by atoms with Crippen LogP contribution in [0.3, 0.4) is 0 Å². The van der Waals surface area contributed by atoms with Gasteiger partial charge in [0.1, 0.15) is 5.82 Å². The maximum Gasteiger partial charge on any atom is 0.258 e. The van der Waals surface area contributed by atoms with E-state index in [1.165, 1.54) is 18.3 Å². The number of hydrogen-bond donors (Lipinski definition) is 1. The zero-order valence-corrected chi connectivity index (χ0v) is 13.9. The van der Waals surface area contributed by atoms with Crippen LogP contribution in [0.5, 0.6) is 0 Å². The molecule has 1 N–H and O–H groups in total. The molecule has 2 aromatic carbocycles. The van der Waals surface area contributed by atoms with E-state index >= 15 is 0 Å². The fourth-order valence-electron chi connectivity index (χ4n) is 2.20. The first-order valence-electron chi connectivity index (χ1n) is 7.05. The predicted molar refractivity (Wildman–Crippen MR) is 92.1 cm³/mol. The second-order valence-electron chi connectivity index (χ2n) is 5.10. The van der Waals surface area contributed by atoms with Gasteiger partial charge >= 0.3 is 0 Å². The Kier molecular flexibility index (Phi) is 4.83. The summed E-state index contributed by atoms with van der Waals surface area (Å²) in [6, 6.07) is 11.0. The van der Waals surface area contributed by atoms with Crippen LogP contribution in [0.15, 0.2) is 54.9 Å². The second kappa shape index (κ2) is 7.03. The van der Waals surface area contributed by atoms with Crippen LogP contribution in [0, 0.1) is 5.82 Å². The smallest absolute Gasteiger partial charge is 0.258 e. The number of carbonyl (C=O) groups is 1. The van der Waals surface area contributed by atoms with Crippen LogP contribution in [0.25, 0.3) is 0 Å². The lowest BCUT2D eigenvalue weighted by Crippen LogP contribution is -2.12. The molecule has 0 spiro atoms. The normalized spacial score (nSPS) is 10.6. The predicted octanol–water partition coefficient (Wildman–Crippen LogP) is 4.63. The summed E-state index contributed by atoms with van der Waals surface area (Å²) in [6.07, 6.45) is 3.19. The molecule has 24 heavy (non-hydrogen) atoms. The third kappa shape index (κ3) is 3.75. The summed E-state index contributed by atoms with van der Waals surface area (Å²) in [7, 11) is 0. The van der Waals surface area contributed by atoms with Gasteiger partial charge in [-0.3, -0.25) is 9.48 Å². The molecule has 3 aromatic rings. The van der Waals surface area contributed by atoms with Crippen LogP contribution in [0.2, 0.25) is 10.0 Å². The molecule has 0 aliphatic heterocycles. The fraction of sp³-hybridized carbons (Fsp3) is 0.0588. The van der Waals surface area contributed by atoms with Crippen LogP contribution in [0.1, 0.15) is 15.9 Å². The summed E-state index contributed by atoms with van der Waals surface area (Å²) >= 11 is 12.0. The van der Waals surface area contributed by atoms with Crippen molar-refractivity contribution in [2.45, 2.75) is 6.54 Å². The highest BCUT2D eigenvalue weighted by Crippen LogP contribution is 2.25. The largest absolute Gasteiger partial charge is 0.319 e. The first kappa shape index (κ1) is 16.5. The molecule has 122 valence electrons. The van der Waals surface area contributed by atoms with E-state index in [2.05, 4.69) is 10.4 Å². The maximum atomic E-state index is 12.9. The van der Waals surface area contributed by atoms with Crippen LogP contribution < -0.4 is 5.32 Å². The lowest BCUT2D eigenvalue weighted by Gasteiger charge is -2.06. The summed E-state index contributed by atoms with van der Waals surface area (Å²) in [5, 5.41) is 7.42. The molecule has 0 aliphatic carbocycles. The van der Waals surface area contributed by atoms with Crippen molar-refractivity contribution < 1.29 is 9.18 Å². The third-order valence-electron chi connectivity index (χ3n) is 3.34. The van der Waals surface area contributed by atoms with E-state index in [0.29, 0.717) is 12.2 Å². The van der Waals surface area contributed by atoms with E-state index in [9.17, 15) is 9.18 Å². The Labute approximate surface area is 147 Å². The van der Waals surface area contributed by atoms with Gasteiger partial charge in [-0.05, 0) is 29.8 Å². The van der Waals surface area contributed by atoms with Crippen molar-refractivity contribution in [2.24, 2.45) is 0 Å². The highest BCUT2D eigenvalue weighted by atomic mass is 35.5. The van der Waals surface area contributed by atoms with Gasteiger partial charge in [0, 0.05) is 6.20 Å². The quantitative estimate of drug-likeness (QED) is 0.734. The molecule has 0 aliphatic rings. The lowest BCUT2D eigenvalue weighted by molar-refractivity contribution is 0.102. The van der Waals surface area contributed by atoms with Gasteiger partial charge in [-0.15, -0.1) is 0 Å². The number of hydrogen-bond acceptors (Lipinski definition) is 2. The molecule has 7 heteroatoms. The zero-order chi connectivity index (χ0) is 17.1. The summed E-state index contributed by atoms with van der Waals surface area (Å²) in [6.45, 7) is 0.461. The van der Waals surface area contributed by atoms with Gasteiger partial charge < -0.3 is 5.32 Å². The fourth-order valence-corrected chi connectivity index (χ4v) is 2.77. The Balaban J connectivity index is 1.72. The molecular formula is C17H12Cl2FN3O. The Hall–Kier alpha value is -2.37. The van der Waals surface area contributed by atoms with Gasteiger partial charge in [-0.1, -0.05) is 41.4 Å². The third-order valence-corrected chi connectivity index (χ3v) is 3.97. The van der Waals surface area contributed by atoms with Crippen molar-refractivity contribution in [3.8, 4) is 0 Å². The standard InChI is InChI=1S/C17H12Cl2FN3O/c18-14-2-1-3-15(19)16(14)17(24)22-13-8-21-23(10-13)9-11-4-6-12(20)7-5-11/h1-8,10H,9H2,(H,22,24). The van der Waals surface area contributed by atoms with E-state index in [4.69, 9.17) is 23.2 Å². The minimum absolute atomic E-state index is 0.215. The molecule has 0 saturated carbocycles. The van der Waals surface area contributed by atoms with Crippen LogP contribution in [-0.2, 0) is 6.54 Å². The molecule has 1 aromatic heterocycles. The lowest BCUT2D eigenvalue weighted by atomic mass is 10.2. The first-order chi connectivity index (χ1) is 11.5. The van der Waals surface area contributed by atoms with Gasteiger partial charge in [-0.25, -0.2) is 4.39 Å². The molecular weight excluding hydrogens is 352 g/mol. The Morgan fingerprint density at radius 3 is 2.46 bits per heavy atom. The maximum absolute atomic E-state index is 12.9. The average Bonchev–Trinajstić information content (AvgIpc) is 2.96. The molecule has 0 saturated heterocycles. The number of benzene rings is 2. The molecule has 0 fully saturated rings. The van der Waals surface area contributed by atoms with E-state index in [-0.39, 0.29) is 21.4 Å². The van der Waals surface area contributed by atoms with Crippen LogP contribution >= 0.6 is 23.2 Å². The van der Waals surface area contributed by atoms with Gasteiger partial charge in [0.15, 0.2) is 0 Å². The molecule has 0 radical (unpaired) electrons. The first-order valence-corrected chi connectivity index (χ1v) is 7.81. The minimum Gasteiger partial charge on any atom is -0.319 e. The van der Waals surface area contributed by atoms with Gasteiger partial charge in [0.25, 0.3) is 5.91 Å². The summed E-state index contributed by atoms with van der Waals surface area (Å²) < 4.78 is 14.5. The minimum atomic E-state index is -0.410. The number of halogens is 3. The van der Waals surface area contributed by atoms with E-state index in [0.717, 1.165) is 5.56 Å². The number of aromatic nitrogens is 2. The zero-order valence-electron chi connectivity index (χ0n) is 12.3. The summed E-state index contributed by atoms with van der Waals surface area (Å²) in [5.41, 5.74) is 1.62. The Morgan fingerprint density at radius 2 is 1.79 bits per heavy atom. The molecule has 3 rings (SSSR count). The Bertz CT molecular complexity index is 858. The summed E-state index contributed by atoms with van der Waals surface area (Å²) in [4.78, 5) is 12.3. The van der Waals surface area contributed by atoms with Crippen molar-refractivity contribution in [3.63, 3.8) is 0 Å². The number of carbonyl (C=O) groups excluding carboxylic acids is 1. The molecule has 0 bridgehead atoms. The highest BCUT2D eigenvalue weighted by Gasteiger charge is 2.15. The molecule has 0 unspecified atom stereocenters. The summed E-state index contributed by atoms with van der Waals surface area (Å²) in [5.74, 6) is -0.698. The monoisotopic (exact) mass is 363 g/mol. The molecule has 1 amide bonds. The molecule has 4 nitrogen and oxygen atoms in total. The van der Waals surface area contributed by atoms with Crippen molar-refractivity contribution in [1.29, 1.82) is 0 Å². The second-order valence-corrected chi connectivity index (χ2v) is 5.92.